The maximum atomic E-state index is 13.5. The molecule has 10 heteroatoms. The molecule has 3 aromatic carbocycles. The summed E-state index contributed by atoms with van der Waals surface area (Å²) >= 11 is 0. The largest absolute Gasteiger partial charge is 0.508 e. The van der Waals surface area contributed by atoms with Crippen LogP contribution in [0.4, 0.5) is 18.9 Å². The Morgan fingerprint density at radius 3 is 2.54 bits per heavy atom. The number of carbonyl (C=O) groups excluding carboxylic acids is 1. The molecule has 0 spiro atoms. The minimum Gasteiger partial charge on any atom is -0.508 e. The van der Waals surface area contributed by atoms with Gasteiger partial charge >= 0.3 is 6.18 Å². The van der Waals surface area contributed by atoms with Crippen molar-refractivity contribution in [2.24, 2.45) is 11.7 Å². The number of amides is 1. The quantitative estimate of drug-likeness (QED) is 0.230. The van der Waals surface area contributed by atoms with Crippen LogP contribution in [0.25, 0.3) is 5.69 Å². The first-order valence-electron chi connectivity index (χ1n) is 12.6. The van der Waals surface area contributed by atoms with Crippen LogP contribution < -0.4 is 16.4 Å². The Hall–Kier alpha value is -4.15. The van der Waals surface area contributed by atoms with E-state index >= 15 is 0 Å². The molecule has 1 amide bonds. The molecule has 1 saturated carbocycles. The van der Waals surface area contributed by atoms with E-state index in [1.54, 1.807) is 54.6 Å². The number of alkyl halides is 3. The second-order valence-electron chi connectivity index (χ2n) is 9.62. The summed E-state index contributed by atoms with van der Waals surface area (Å²) in [4.78, 5) is 13.3. The van der Waals surface area contributed by atoms with E-state index in [0.717, 1.165) is 35.7 Å². The third kappa shape index (κ3) is 6.13. The van der Waals surface area contributed by atoms with Crippen molar-refractivity contribution >= 4 is 11.6 Å². The Morgan fingerprint density at radius 1 is 1.05 bits per heavy atom. The van der Waals surface area contributed by atoms with Crippen LogP contribution in [0.5, 0.6) is 5.75 Å². The van der Waals surface area contributed by atoms with Crippen LogP contribution in [-0.2, 0) is 12.7 Å². The molecular formula is C29H28F3N5O2. The van der Waals surface area contributed by atoms with Crippen LogP contribution in [0, 0.1) is 5.92 Å². The van der Waals surface area contributed by atoms with Gasteiger partial charge in [-0.1, -0.05) is 42.5 Å². The average Bonchev–Trinajstić information content (AvgIpc) is 3.63. The molecule has 1 aliphatic carbocycles. The summed E-state index contributed by atoms with van der Waals surface area (Å²) in [6.07, 6.45) is -2.43. The molecule has 39 heavy (non-hydrogen) atoms. The summed E-state index contributed by atoms with van der Waals surface area (Å²) in [7, 11) is 0. The van der Waals surface area contributed by atoms with Crippen molar-refractivity contribution in [1.29, 1.82) is 0 Å². The van der Waals surface area contributed by atoms with Crippen LogP contribution in [-0.4, -0.2) is 27.3 Å². The number of anilines is 1. The molecule has 5 N–H and O–H groups in total. The number of phenolic OH excluding ortho intramolecular Hbond substituents is 1. The van der Waals surface area contributed by atoms with E-state index < -0.39 is 17.8 Å². The molecule has 7 nitrogen and oxygen atoms in total. The smallest absolute Gasteiger partial charge is 0.435 e. The molecule has 0 saturated heterocycles. The number of rotatable bonds is 9. The number of nitrogens with one attached hydrogen (secondary N) is 2. The highest BCUT2D eigenvalue weighted by atomic mass is 19.4. The predicted octanol–water partition coefficient (Wildman–Crippen LogP) is 5.40. The van der Waals surface area contributed by atoms with Gasteiger partial charge in [-0.3, -0.25) is 4.79 Å². The van der Waals surface area contributed by atoms with Gasteiger partial charge in [0.15, 0.2) is 5.69 Å². The molecule has 1 heterocycles. The second-order valence-corrected chi connectivity index (χ2v) is 9.62. The molecule has 1 fully saturated rings. The molecule has 0 unspecified atom stereocenters. The van der Waals surface area contributed by atoms with Gasteiger partial charge in [-0.15, -0.1) is 0 Å². The Labute approximate surface area is 223 Å². The maximum Gasteiger partial charge on any atom is 0.435 e. The Bertz CT molecular complexity index is 1480. The molecule has 0 radical (unpaired) electrons. The minimum absolute atomic E-state index is 0.142. The maximum absolute atomic E-state index is 13.5. The third-order valence-corrected chi connectivity index (χ3v) is 6.66. The van der Waals surface area contributed by atoms with Crippen molar-refractivity contribution in [1.82, 2.24) is 15.1 Å². The van der Waals surface area contributed by atoms with Gasteiger partial charge in [0.25, 0.3) is 5.91 Å². The molecule has 1 aromatic heterocycles. The van der Waals surface area contributed by atoms with Crippen molar-refractivity contribution in [2.45, 2.75) is 31.6 Å². The number of phenols is 1. The first-order valence-corrected chi connectivity index (χ1v) is 12.6. The van der Waals surface area contributed by atoms with E-state index in [1.807, 2.05) is 18.2 Å². The number of aromatic hydroxyl groups is 1. The number of para-hydroxylation sites is 1. The highest BCUT2D eigenvalue weighted by Crippen LogP contribution is 2.34. The van der Waals surface area contributed by atoms with Gasteiger partial charge in [0.1, 0.15) is 11.4 Å². The van der Waals surface area contributed by atoms with Gasteiger partial charge < -0.3 is 21.5 Å². The fourth-order valence-corrected chi connectivity index (χ4v) is 4.43. The standard InChI is InChI=1S/C29H28F3N5O2/c30-29(31,32)26-15-24(37(36-26)22-8-3-5-19(13-22)16-33)28(39)35-21-7-4-6-20(14-21)27(34-17-18-11-12-18)23-9-1-2-10-25(23)38/h1-10,13-15,18,27,34,38H,11-12,16-17,33H2,(H,35,39)/t27-/m1/s1. The average molecular weight is 536 g/mol. The van der Waals surface area contributed by atoms with Gasteiger partial charge in [0.2, 0.25) is 0 Å². The second kappa shape index (κ2) is 10.9. The number of nitrogens with zero attached hydrogens (tertiary/aromatic N) is 2. The van der Waals surface area contributed by atoms with Crippen LogP contribution >= 0.6 is 0 Å². The number of nitrogens with two attached hydrogens (primary N) is 1. The van der Waals surface area contributed by atoms with Gasteiger partial charge in [0, 0.05) is 23.9 Å². The van der Waals surface area contributed by atoms with E-state index in [9.17, 15) is 23.1 Å². The summed E-state index contributed by atoms with van der Waals surface area (Å²) in [6.45, 7) is 0.958. The highest BCUT2D eigenvalue weighted by Gasteiger charge is 2.36. The molecule has 1 atom stereocenters. The molecule has 0 aliphatic heterocycles. The van der Waals surface area contributed by atoms with Crippen molar-refractivity contribution in [3.8, 4) is 11.4 Å². The van der Waals surface area contributed by atoms with Crippen molar-refractivity contribution in [2.75, 3.05) is 11.9 Å². The van der Waals surface area contributed by atoms with E-state index in [1.165, 1.54) is 0 Å². The lowest BCUT2D eigenvalue weighted by Crippen LogP contribution is -2.25. The highest BCUT2D eigenvalue weighted by molar-refractivity contribution is 6.03. The molecule has 4 aromatic rings. The number of benzene rings is 3. The van der Waals surface area contributed by atoms with Crippen LogP contribution in [0.15, 0.2) is 78.9 Å². The van der Waals surface area contributed by atoms with Gasteiger partial charge in [-0.05, 0) is 66.8 Å². The zero-order chi connectivity index (χ0) is 27.6. The Balaban J connectivity index is 1.46. The summed E-state index contributed by atoms with van der Waals surface area (Å²) in [5.41, 5.74) is 7.08. The van der Waals surface area contributed by atoms with Crippen LogP contribution in [0.2, 0.25) is 0 Å². The summed E-state index contributed by atoms with van der Waals surface area (Å²) < 4.78 is 41.6. The predicted molar refractivity (Wildman–Crippen MR) is 142 cm³/mol. The molecule has 202 valence electrons. The summed E-state index contributed by atoms with van der Waals surface area (Å²) in [5, 5.41) is 20.4. The SMILES string of the molecule is NCc1cccc(-n2nc(C(F)(F)F)cc2C(=O)Nc2cccc([C@@H](NCC3CC3)c3ccccc3O)c2)c1. The van der Waals surface area contributed by atoms with Crippen LogP contribution in [0.3, 0.4) is 0 Å². The summed E-state index contributed by atoms with van der Waals surface area (Å²) in [6, 6.07) is 21.0. The number of halogens is 3. The lowest BCUT2D eigenvalue weighted by atomic mass is 9.97. The monoisotopic (exact) mass is 535 g/mol. The zero-order valence-corrected chi connectivity index (χ0v) is 20.9. The normalized spacial score (nSPS) is 14.3. The number of hydrogen-bond acceptors (Lipinski definition) is 5. The van der Waals surface area contributed by atoms with E-state index in [2.05, 4.69) is 15.7 Å². The van der Waals surface area contributed by atoms with E-state index in [4.69, 9.17) is 5.73 Å². The molecule has 5 rings (SSSR count). The van der Waals surface area contributed by atoms with Gasteiger partial charge in [-0.25, -0.2) is 4.68 Å². The topological polar surface area (TPSA) is 105 Å². The fourth-order valence-electron chi connectivity index (χ4n) is 4.43. The third-order valence-electron chi connectivity index (χ3n) is 6.66. The van der Waals surface area contributed by atoms with Crippen molar-refractivity contribution in [3.63, 3.8) is 0 Å². The lowest BCUT2D eigenvalue weighted by Gasteiger charge is -2.21. The Kier molecular flexibility index (Phi) is 7.40. The number of aromatic nitrogens is 2. The minimum atomic E-state index is -4.73. The molecule has 0 bridgehead atoms. The first kappa shape index (κ1) is 26.5. The lowest BCUT2D eigenvalue weighted by molar-refractivity contribution is -0.141. The first-order chi connectivity index (χ1) is 18.7. The van der Waals surface area contributed by atoms with Gasteiger partial charge in [-0.2, -0.15) is 18.3 Å². The van der Waals surface area contributed by atoms with E-state index in [0.29, 0.717) is 22.7 Å². The van der Waals surface area contributed by atoms with Crippen molar-refractivity contribution < 1.29 is 23.1 Å². The van der Waals surface area contributed by atoms with Crippen molar-refractivity contribution in [3.05, 3.63) is 107 Å². The Morgan fingerprint density at radius 2 is 1.82 bits per heavy atom. The number of hydrogen-bond donors (Lipinski definition) is 4. The molecular weight excluding hydrogens is 507 g/mol. The number of carbonyl (C=O) groups is 1. The molecule has 1 aliphatic rings. The van der Waals surface area contributed by atoms with Crippen LogP contribution in [0.1, 0.15) is 51.8 Å². The van der Waals surface area contributed by atoms with E-state index in [-0.39, 0.29) is 29.7 Å². The zero-order valence-electron chi connectivity index (χ0n) is 20.9. The summed E-state index contributed by atoms with van der Waals surface area (Å²) in [5.74, 6) is -0.0241. The fraction of sp³-hybridized carbons (Fsp3) is 0.241. The van der Waals surface area contributed by atoms with Gasteiger partial charge in [0.05, 0.1) is 11.7 Å².